The Kier molecular flexibility index (Phi) is 5.46. The number of benzene rings is 2. The van der Waals surface area contributed by atoms with Gasteiger partial charge in [-0.3, -0.25) is 4.79 Å². The number of nitrogens with zero attached hydrogens (tertiary/aromatic N) is 3. The van der Waals surface area contributed by atoms with Crippen molar-refractivity contribution in [3.05, 3.63) is 66.0 Å². The summed E-state index contributed by atoms with van der Waals surface area (Å²) in [6, 6.07) is 18.0. The molecule has 0 unspecified atom stereocenters. The summed E-state index contributed by atoms with van der Waals surface area (Å²) in [5, 5.41) is 0. The van der Waals surface area contributed by atoms with Crippen molar-refractivity contribution < 1.29 is 4.79 Å². The van der Waals surface area contributed by atoms with E-state index >= 15 is 0 Å². The second kappa shape index (κ2) is 7.94. The van der Waals surface area contributed by atoms with E-state index in [0.29, 0.717) is 26.2 Å². The molecule has 3 aromatic rings. The minimum Gasteiger partial charge on any atom is -0.337 e. The van der Waals surface area contributed by atoms with Gasteiger partial charge in [0, 0.05) is 13.1 Å². The van der Waals surface area contributed by atoms with Crippen molar-refractivity contribution >= 4 is 16.9 Å². The number of nitrogens with two attached hydrogens (primary N) is 1. The number of imidazole rings is 1. The number of para-hydroxylation sites is 2. The highest BCUT2D eigenvalue weighted by atomic mass is 16.2. The van der Waals surface area contributed by atoms with Crippen molar-refractivity contribution in [1.82, 2.24) is 14.5 Å². The second-order valence-corrected chi connectivity index (χ2v) is 6.18. The van der Waals surface area contributed by atoms with E-state index in [-0.39, 0.29) is 5.91 Å². The predicted octanol–water partition coefficient (Wildman–Crippen LogP) is 2.72. The van der Waals surface area contributed by atoms with Crippen LogP contribution in [0.3, 0.4) is 0 Å². The molecule has 2 aromatic carbocycles. The van der Waals surface area contributed by atoms with Crippen LogP contribution in [-0.4, -0.2) is 33.4 Å². The molecular weight excluding hydrogens is 312 g/mol. The SMILES string of the molecule is Cc1nc2ccccc2n1CC(=O)N(CCCN)Cc1ccccc1. The summed E-state index contributed by atoms with van der Waals surface area (Å²) in [6.07, 6.45) is 0.794. The molecule has 5 heteroatoms. The fourth-order valence-electron chi connectivity index (χ4n) is 3.01. The minimum absolute atomic E-state index is 0.0866. The van der Waals surface area contributed by atoms with Gasteiger partial charge in [-0.2, -0.15) is 0 Å². The molecule has 3 rings (SSSR count). The summed E-state index contributed by atoms with van der Waals surface area (Å²) in [5.41, 5.74) is 8.69. The zero-order valence-corrected chi connectivity index (χ0v) is 14.6. The van der Waals surface area contributed by atoms with Crippen LogP contribution in [0.5, 0.6) is 0 Å². The largest absolute Gasteiger partial charge is 0.337 e. The topological polar surface area (TPSA) is 64.2 Å². The van der Waals surface area contributed by atoms with Crippen LogP contribution >= 0.6 is 0 Å². The molecule has 1 amide bonds. The summed E-state index contributed by atoms with van der Waals surface area (Å²) in [4.78, 5) is 19.4. The van der Waals surface area contributed by atoms with E-state index in [0.717, 1.165) is 28.8 Å². The molecule has 5 nitrogen and oxygen atoms in total. The molecule has 0 aliphatic rings. The molecule has 0 spiro atoms. The number of aryl methyl sites for hydroxylation is 1. The Bertz CT molecular complexity index is 841. The molecule has 0 aliphatic carbocycles. The van der Waals surface area contributed by atoms with Crippen molar-refractivity contribution in [1.29, 1.82) is 0 Å². The maximum Gasteiger partial charge on any atom is 0.242 e. The highest BCUT2D eigenvalue weighted by molar-refractivity contribution is 5.81. The first-order valence-electron chi connectivity index (χ1n) is 8.62. The Morgan fingerprint density at radius 1 is 1.12 bits per heavy atom. The molecule has 0 fully saturated rings. The van der Waals surface area contributed by atoms with Crippen LogP contribution in [-0.2, 0) is 17.9 Å². The minimum atomic E-state index is 0.0866. The lowest BCUT2D eigenvalue weighted by molar-refractivity contribution is -0.132. The van der Waals surface area contributed by atoms with E-state index in [1.54, 1.807) is 0 Å². The van der Waals surface area contributed by atoms with E-state index in [1.165, 1.54) is 0 Å². The lowest BCUT2D eigenvalue weighted by Crippen LogP contribution is -2.35. The van der Waals surface area contributed by atoms with Gasteiger partial charge in [-0.05, 0) is 37.6 Å². The van der Waals surface area contributed by atoms with Gasteiger partial charge in [-0.1, -0.05) is 42.5 Å². The summed E-state index contributed by atoms with van der Waals surface area (Å²) >= 11 is 0. The van der Waals surface area contributed by atoms with E-state index in [4.69, 9.17) is 5.73 Å². The Balaban J connectivity index is 1.80. The van der Waals surface area contributed by atoms with E-state index in [2.05, 4.69) is 4.98 Å². The Hall–Kier alpha value is -2.66. The van der Waals surface area contributed by atoms with Gasteiger partial charge in [0.15, 0.2) is 0 Å². The first-order chi connectivity index (χ1) is 12.2. The summed E-state index contributed by atoms with van der Waals surface area (Å²) in [5.74, 6) is 0.941. The maximum absolute atomic E-state index is 13.0. The van der Waals surface area contributed by atoms with Gasteiger partial charge in [0.1, 0.15) is 12.4 Å². The van der Waals surface area contributed by atoms with Crippen molar-refractivity contribution in [2.45, 2.75) is 26.4 Å². The zero-order chi connectivity index (χ0) is 17.6. The third kappa shape index (κ3) is 4.06. The third-order valence-corrected chi connectivity index (χ3v) is 4.34. The van der Waals surface area contributed by atoms with Crippen LogP contribution in [0.25, 0.3) is 11.0 Å². The molecule has 0 saturated heterocycles. The van der Waals surface area contributed by atoms with Crippen LogP contribution < -0.4 is 5.73 Å². The highest BCUT2D eigenvalue weighted by Crippen LogP contribution is 2.16. The molecule has 25 heavy (non-hydrogen) atoms. The fourth-order valence-corrected chi connectivity index (χ4v) is 3.01. The van der Waals surface area contributed by atoms with E-state index < -0.39 is 0 Å². The average Bonchev–Trinajstić information content (AvgIpc) is 2.95. The molecule has 2 N–H and O–H groups in total. The number of hydrogen-bond donors (Lipinski definition) is 1. The average molecular weight is 336 g/mol. The van der Waals surface area contributed by atoms with Gasteiger partial charge >= 0.3 is 0 Å². The molecule has 1 aromatic heterocycles. The Morgan fingerprint density at radius 2 is 1.84 bits per heavy atom. The first-order valence-corrected chi connectivity index (χ1v) is 8.62. The van der Waals surface area contributed by atoms with Crippen LogP contribution in [0.1, 0.15) is 17.8 Å². The summed E-state index contributed by atoms with van der Waals surface area (Å²) in [7, 11) is 0. The number of amides is 1. The number of carbonyl (C=O) groups is 1. The van der Waals surface area contributed by atoms with Gasteiger partial charge in [-0.15, -0.1) is 0 Å². The van der Waals surface area contributed by atoms with E-state index in [9.17, 15) is 4.79 Å². The van der Waals surface area contributed by atoms with Crippen molar-refractivity contribution in [2.75, 3.05) is 13.1 Å². The van der Waals surface area contributed by atoms with Crippen LogP contribution in [0.4, 0.5) is 0 Å². The number of fused-ring (bicyclic) bond motifs is 1. The molecule has 0 atom stereocenters. The van der Waals surface area contributed by atoms with Gasteiger partial charge in [-0.25, -0.2) is 4.98 Å². The summed E-state index contributed by atoms with van der Waals surface area (Å²) in [6.45, 7) is 4.07. The smallest absolute Gasteiger partial charge is 0.242 e. The zero-order valence-electron chi connectivity index (χ0n) is 14.6. The molecule has 0 saturated carbocycles. The number of hydrogen-bond acceptors (Lipinski definition) is 3. The molecule has 0 aliphatic heterocycles. The maximum atomic E-state index is 13.0. The van der Waals surface area contributed by atoms with Gasteiger partial charge in [0.05, 0.1) is 11.0 Å². The number of aromatic nitrogens is 2. The van der Waals surface area contributed by atoms with Gasteiger partial charge in [0.25, 0.3) is 0 Å². The standard InChI is InChI=1S/C20H24N4O/c1-16-22-18-10-5-6-11-19(18)24(16)15-20(25)23(13-7-12-21)14-17-8-3-2-4-9-17/h2-6,8-11H,7,12-15,21H2,1H3. The quantitative estimate of drug-likeness (QED) is 0.721. The fraction of sp³-hybridized carbons (Fsp3) is 0.300. The van der Waals surface area contributed by atoms with Gasteiger partial charge < -0.3 is 15.2 Å². The van der Waals surface area contributed by atoms with Crippen molar-refractivity contribution in [3.63, 3.8) is 0 Å². The van der Waals surface area contributed by atoms with Crippen molar-refractivity contribution in [2.24, 2.45) is 5.73 Å². The lowest BCUT2D eigenvalue weighted by Gasteiger charge is -2.23. The molecule has 1 heterocycles. The molecule has 0 bridgehead atoms. The molecule has 130 valence electrons. The van der Waals surface area contributed by atoms with Gasteiger partial charge in [0.2, 0.25) is 5.91 Å². The second-order valence-electron chi connectivity index (χ2n) is 6.18. The van der Waals surface area contributed by atoms with Crippen LogP contribution in [0, 0.1) is 6.92 Å². The Labute approximate surface area is 148 Å². The number of carbonyl (C=O) groups excluding carboxylic acids is 1. The predicted molar refractivity (Wildman–Crippen MR) is 100 cm³/mol. The lowest BCUT2D eigenvalue weighted by atomic mass is 10.2. The molecule has 0 radical (unpaired) electrons. The van der Waals surface area contributed by atoms with Crippen LogP contribution in [0.2, 0.25) is 0 Å². The van der Waals surface area contributed by atoms with Crippen molar-refractivity contribution in [3.8, 4) is 0 Å². The monoisotopic (exact) mass is 336 g/mol. The number of rotatable bonds is 7. The van der Waals surface area contributed by atoms with E-state index in [1.807, 2.05) is 71.0 Å². The summed E-state index contributed by atoms with van der Waals surface area (Å²) < 4.78 is 1.98. The first kappa shape index (κ1) is 17.2. The van der Waals surface area contributed by atoms with Crippen LogP contribution in [0.15, 0.2) is 54.6 Å². The highest BCUT2D eigenvalue weighted by Gasteiger charge is 2.17. The molecular formula is C20H24N4O. The normalized spacial score (nSPS) is 11.0. The third-order valence-electron chi connectivity index (χ3n) is 4.34. The Morgan fingerprint density at radius 3 is 2.60 bits per heavy atom.